The summed E-state index contributed by atoms with van der Waals surface area (Å²) in [5.41, 5.74) is 5.63. The highest BCUT2D eigenvalue weighted by atomic mass is 16.5. The molecule has 2 heteroatoms. The average molecular weight is 129 g/mol. The Morgan fingerprint density at radius 2 is 2.22 bits per heavy atom. The standard InChI is InChI=1S/C7H15NO/c1-5-3-4-7(9-5)6(2)8/h5-7H,3-4,8H2,1-2H3/t5-,6+,7?/m1/s1. The largest absolute Gasteiger partial charge is 0.374 e. The summed E-state index contributed by atoms with van der Waals surface area (Å²) in [5, 5.41) is 0. The molecule has 3 atom stereocenters. The molecule has 0 spiro atoms. The SMILES string of the molecule is C[C@@H]1CCC([C@H](C)N)O1. The Morgan fingerprint density at radius 3 is 2.44 bits per heavy atom. The lowest BCUT2D eigenvalue weighted by Gasteiger charge is -2.13. The third kappa shape index (κ3) is 1.66. The molecule has 2 N–H and O–H groups in total. The van der Waals surface area contributed by atoms with Crippen LogP contribution >= 0.6 is 0 Å². The van der Waals surface area contributed by atoms with E-state index in [1.54, 1.807) is 0 Å². The Morgan fingerprint density at radius 1 is 1.56 bits per heavy atom. The minimum Gasteiger partial charge on any atom is -0.374 e. The van der Waals surface area contributed by atoms with Crippen LogP contribution in [0.15, 0.2) is 0 Å². The van der Waals surface area contributed by atoms with E-state index in [9.17, 15) is 0 Å². The van der Waals surface area contributed by atoms with E-state index in [1.165, 1.54) is 6.42 Å². The van der Waals surface area contributed by atoms with Crippen molar-refractivity contribution in [1.82, 2.24) is 0 Å². The zero-order valence-corrected chi connectivity index (χ0v) is 6.13. The lowest BCUT2D eigenvalue weighted by atomic mass is 10.1. The van der Waals surface area contributed by atoms with Crippen molar-refractivity contribution in [1.29, 1.82) is 0 Å². The Kier molecular flexibility index (Phi) is 2.09. The van der Waals surface area contributed by atoms with Crippen molar-refractivity contribution in [3.8, 4) is 0 Å². The molecule has 1 unspecified atom stereocenters. The first kappa shape index (κ1) is 7.03. The van der Waals surface area contributed by atoms with Crippen molar-refractivity contribution < 1.29 is 4.74 Å². The van der Waals surface area contributed by atoms with Crippen molar-refractivity contribution in [2.45, 2.75) is 44.9 Å². The van der Waals surface area contributed by atoms with Gasteiger partial charge in [-0.15, -0.1) is 0 Å². The molecular weight excluding hydrogens is 114 g/mol. The average Bonchev–Trinajstić information content (AvgIpc) is 2.14. The smallest absolute Gasteiger partial charge is 0.0727 e. The van der Waals surface area contributed by atoms with E-state index in [1.807, 2.05) is 6.92 Å². The molecule has 1 aliphatic rings. The van der Waals surface area contributed by atoms with E-state index < -0.39 is 0 Å². The van der Waals surface area contributed by atoms with Gasteiger partial charge in [0.25, 0.3) is 0 Å². The van der Waals surface area contributed by atoms with Crippen LogP contribution in [0.25, 0.3) is 0 Å². The lowest BCUT2D eigenvalue weighted by molar-refractivity contribution is 0.0439. The van der Waals surface area contributed by atoms with Crippen LogP contribution in [0.4, 0.5) is 0 Å². The number of ether oxygens (including phenoxy) is 1. The van der Waals surface area contributed by atoms with Gasteiger partial charge in [-0.3, -0.25) is 0 Å². The molecule has 1 aliphatic heterocycles. The van der Waals surface area contributed by atoms with Crippen LogP contribution in [-0.2, 0) is 4.74 Å². The molecule has 0 amide bonds. The lowest BCUT2D eigenvalue weighted by Crippen LogP contribution is -2.31. The number of nitrogens with two attached hydrogens (primary N) is 1. The van der Waals surface area contributed by atoms with Crippen LogP contribution in [0.5, 0.6) is 0 Å². The number of hydrogen-bond donors (Lipinski definition) is 1. The molecule has 1 fully saturated rings. The Bertz CT molecular complexity index is 92.9. The van der Waals surface area contributed by atoms with E-state index in [0.29, 0.717) is 12.2 Å². The molecule has 0 aromatic carbocycles. The second-order valence-electron chi connectivity index (χ2n) is 2.92. The van der Waals surface area contributed by atoms with Gasteiger partial charge < -0.3 is 10.5 Å². The van der Waals surface area contributed by atoms with Crippen LogP contribution in [0.2, 0.25) is 0 Å². The molecule has 1 rings (SSSR count). The molecule has 1 saturated heterocycles. The minimum atomic E-state index is 0.204. The predicted molar refractivity (Wildman–Crippen MR) is 37.2 cm³/mol. The quantitative estimate of drug-likeness (QED) is 0.571. The highest BCUT2D eigenvalue weighted by Crippen LogP contribution is 2.20. The van der Waals surface area contributed by atoms with E-state index in [2.05, 4.69) is 6.92 Å². The second kappa shape index (κ2) is 2.67. The third-order valence-corrected chi connectivity index (χ3v) is 1.85. The van der Waals surface area contributed by atoms with Gasteiger partial charge in [0.05, 0.1) is 12.2 Å². The molecule has 0 saturated carbocycles. The maximum Gasteiger partial charge on any atom is 0.0727 e. The normalized spacial score (nSPS) is 39.0. The van der Waals surface area contributed by atoms with Crippen molar-refractivity contribution >= 4 is 0 Å². The Hall–Kier alpha value is -0.0800. The number of hydrogen-bond acceptors (Lipinski definition) is 2. The molecule has 1 heterocycles. The molecule has 0 radical (unpaired) electrons. The maximum atomic E-state index is 5.63. The van der Waals surface area contributed by atoms with Gasteiger partial charge in [0, 0.05) is 6.04 Å². The van der Waals surface area contributed by atoms with E-state index in [-0.39, 0.29) is 6.04 Å². The van der Waals surface area contributed by atoms with Gasteiger partial charge in [-0.05, 0) is 26.7 Å². The van der Waals surface area contributed by atoms with Crippen LogP contribution in [0.3, 0.4) is 0 Å². The van der Waals surface area contributed by atoms with Gasteiger partial charge in [-0.2, -0.15) is 0 Å². The van der Waals surface area contributed by atoms with Crippen molar-refractivity contribution in [2.24, 2.45) is 5.73 Å². The first-order valence-electron chi connectivity index (χ1n) is 3.61. The van der Waals surface area contributed by atoms with Gasteiger partial charge in [0.15, 0.2) is 0 Å². The molecule has 0 aromatic rings. The fourth-order valence-electron chi connectivity index (χ4n) is 1.22. The fourth-order valence-corrected chi connectivity index (χ4v) is 1.22. The van der Waals surface area contributed by atoms with Crippen LogP contribution in [-0.4, -0.2) is 18.2 Å². The summed E-state index contributed by atoms with van der Waals surface area (Å²) in [5.74, 6) is 0. The molecule has 9 heavy (non-hydrogen) atoms. The second-order valence-corrected chi connectivity index (χ2v) is 2.92. The monoisotopic (exact) mass is 129 g/mol. The molecule has 54 valence electrons. The van der Waals surface area contributed by atoms with Gasteiger partial charge >= 0.3 is 0 Å². The predicted octanol–water partition coefficient (Wildman–Crippen LogP) is 0.901. The molecule has 0 aromatic heterocycles. The van der Waals surface area contributed by atoms with Crippen LogP contribution < -0.4 is 5.73 Å². The van der Waals surface area contributed by atoms with E-state index in [4.69, 9.17) is 10.5 Å². The Labute approximate surface area is 56.4 Å². The molecule has 0 bridgehead atoms. The summed E-state index contributed by atoms with van der Waals surface area (Å²) in [6.45, 7) is 4.10. The maximum absolute atomic E-state index is 5.63. The fraction of sp³-hybridized carbons (Fsp3) is 1.00. The number of rotatable bonds is 1. The Balaban J connectivity index is 2.30. The van der Waals surface area contributed by atoms with Crippen LogP contribution in [0.1, 0.15) is 26.7 Å². The minimum absolute atomic E-state index is 0.204. The van der Waals surface area contributed by atoms with Crippen molar-refractivity contribution in [3.63, 3.8) is 0 Å². The summed E-state index contributed by atoms with van der Waals surface area (Å²) >= 11 is 0. The third-order valence-electron chi connectivity index (χ3n) is 1.85. The zero-order valence-electron chi connectivity index (χ0n) is 6.13. The first-order valence-corrected chi connectivity index (χ1v) is 3.61. The molecular formula is C7H15NO. The van der Waals surface area contributed by atoms with Crippen LogP contribution in [0, 0.1) is 0 Å². The van der Waals surface area contributed by atoms with Gasteiger partial charge in [0.2, 0.25) is 0 Å². The summed E-state index contributed by atoms with van der Waals surface area (Å²) in [4.78, 5) is 0. The topological polar surface area (TPSA) is 35.2 Å². The van der Waals surface area contributed by atoms with Crippen molar-refractivity contribution in [2.75, 3.05) is 0 Å². The summed E-state index contributed by atoms with van der Waals surface area (Å²) in [6.07, 6.45) is 3.06. The van der Waals surface area contributed by atoms with E-state index in [0.717, 1.165) is 6.42 Å². The highest BCUT2D eigenvalue weighted by Gasteiger charge is 2.24. The van der Waals surface area contributed by atoms with E-state index >= 15 is 0 Å². The molecule has 0 aliphatic carbocycles. The first-order chi connectivity index (χ1) is 4.20. The summed E-state index contributed by atoms with van der Waals surface area (Å²) < 4.78 is 5.50. The van der Waals surface area contributed by atoms with Gasteiger partial charge in [-0.1, -0.05) is 0 Å². The highest BCUT2D eigenvalue weighted by molar-refractivity contribution is 4.76. The molecule has 2 nitrogen and oxygen atoms in total. The van der Waals surface area contributed by atoms with Crippen molar-refractivity contribution in [3.05, 3.63) is 0 Å². The zero-order chi connectivity index (χ0) is 6.85. The van der Waals surface area contributed by atoms with Gasteiger partial charge in [0.1, 0.15) is 0 Å². The van der Waals surface area contributed by atoms with Gasteiger partial charge in [-0.25, -0.2) is 0 Å². The summed E-state index contributed by atoms with van der Waals surface area (Å²) in [6, 6.07) is 0.204. The summed E-state index contributed by atoms with van der Waals surface area (Å²) in [7, 11) is 0.